The van der Waals surface area contributed by atoms with Gasteiger partial charge in [-0.2, -0.15) is 0 Å². The van der Waals surface area contributed by atoms with Crippen LogP contribution in [0.1, 0.15) is 12.8 Å². The molecule has 2 heterocycles. The second kappa shape index (κ2) is 5.45. The van der Waals surface area contributed by atoms with Crippen LogP contribution in [0.3, 0.4) is 0 Å². The Balaban J connectivity index is 1.86. The van der Waals surface area contributed by atoms with Gasteiger partial charge in [0.05, 0.1) is 13.2 Å². The summed E-state index contributed by atoms with van der Waals surface area (Å²) in [5.41, 5.74) is 1.97. The van der Waals surface area contributed by atoms with Crippen LogP contribution in [0.15, 0.2) is 30.5 Å². The average molecular weight is 258 g/mol. The van der Waals surface area contributed by atoms with E-state index in [1.807, 2.05) is 24.4 Å². The van der Waals surface area contributed by atoms with Crippen LogP contribution in [-0.2, 0) is 4.74 Å². The molecule has 0 unspecified atom stereocenters. The molecule has 1 fully saturated rings. The van der Waals surface area contributed by atoms with Gasteiger partial charge < -0.3 is 14.8 Å². The number of nitrogens with zero attached hydrogens (tertiary/aromatic N) is 1. The lowest BCUT2D eigenvalue weighted by molar-refractivity contribution is 0.120. The van der Waals surface area contributed by atoms with Gasteiger partial charge in [-0.05, 0) is 25.0 Å². The summed E-state index contributed by atoms with van der Waals surface area (Å²) in [6.45, 7) is 1.73. The minimum atomic E-state index is 0.328. The predicted molar refractivity (Wildman–Crippen MR) is 75.8 cm³/mol. The largest absolute Gasteiger partial charge is 0.494 e. The normalized spacial score (nSPS) is 18.7. The van der Waals surface area contributed by atoms with E-state index in [9.17, 15) is 0 Å². The lowest BCUT2D eigenvalue weighted by Crippen LogP contribution is -2.18. The van der Waals surface area contributed by atoms with Crippen LogP contribution in [0.5, 0.6) is 5.75 Å². The van der Waals surface area contributed by atoms with Crippen molar-refractivity contribution in [3.8, 4) is 5.75 Å². The maximum absolute atomic E-state index is 5.63. The van der Waals surface area contributed by atoms with E-state index < -0.39 is 0 Å². The SMILES string of the molecule is COc1cccc2c(NC[C@H]3CCCO3)ccnc12. The van der Waals surface area contributed by atoms with Crippen LogP contribution in [0.25, 0.3) is 10.9 Å². The first-order chi connectivity index (χ1) is 9.38. The Kier molecular flexibility index (Phi) is 3.51. The molecule has 2 aromatic rings. The van der Waals surface area contributed by atoms with Gasteiger partial charge in [-0.1, -0.05) is 12.1 Å². The number of rotatable bonds is 4. The Morgan fingerprint density at radius 2 is 2.37 bits per heavy atom. The van der Waals surface area contributed by atoms with Gasteiger partial charge in [-0.25, -0.2) is 0 Å². The van der Waals surface area contributed by atoms with Crippen molar-refractivity contribution in [1.29, 1.82) is 0 Å². The van der Waals surface area contributed by atoms with Crippen LogP contribution in [0.2, 0.25) is 0 Å². The number of pyridine rings is 1. The molecule has 0 aliphatic carbocycles. The Morgan fingerprint density at radius 1 is 1.42 bits per heavy atom. The van der Waals surface area contributed by atoms with E-state index in [-0.39, 0.29) is 0 Å². The monoisotopic (exact) mass is 258 g/mol. The van der Waals surface area contributed by atoms with Crippen molar-refractivity contribution in [2.75, 3.05) is 25.6 Å². The van der Waals surface area contributed by atoms with E-state index in [1.54, 1.807) is 7.11 Å². The highest BCUT2D eigenvalue weighted by atomic mass is 16.5. The van der Waals surface area contributed by atoms with Crippen molar-refractivity contribution in [3.05, 3.63) is 30.5 Å². The van der Waals surface area contributed by atoms with Gasteiger partial charge in [-0.3, -0.25) is 4.98 Å². The summed E-state index contributed by atoms with van der Waals surface area (Å²) in [5.74, 6) is 0.804. The molecule has 1 aromatic heterocycles. The Bertz CT molecular complexity index is 565. The van der Waals surface area contributed by atoms with Gasteiger partial charge in [0.25, 0.3) is 0 Å². The molecular weight excluding hydrogens is 240 g/mol. The molecule has 1 aromatic carbocycles. The maximum atomic E-state index is 5.63. The Labute approximate surface area is 112 Å². The molecule has 1 aliphatic heterocycles. The van der Waals surface area contributed by atoms with Crippen molar-refractivity contribution in [1.82, 2.24) is 4.98 Å². The molecular formula is C15H18N2O2. The lowest BCUT2D eigenvalue weighted by atomic mass is 10.1. The molecule has 1 N–H and O–H groups in total. The summed E-state index contributed by atoms with van der Waals surface area (Å²) >= 11 is 0. The molecule has 1 atom stereocenters. The van der Waals surface area contributed by atoms with Crippen LogP contribution < -0.4 is 10.1 Å². The third kappa shape index (κ3) is 2.49. The summed E-state index contributed by atoms with van der Waals surface area (Å²) in [4.78, 5) is 4.40. The third-order valence-electron chi connectivity index (χ3n) is 3.50. The van der Waals surface area contributed by atoms with Crippen LogP contribution in [-0.4, -0.2) is 31.3 Å². The Hall–Kier alpha value is -1.81. The molecule has 0 bridgehead atoms. The van der Waals surface area contributed by atoms with E-state index >= 15 is 0 Å². The maximum Gasteiger partial charge on any atom is 0.145 e. The van der Waals surface area contributed by atoms with E-state index in [4.69, 9.17) is 9.47 Å². The summed E-state index contributed by atoms with van der Waals surface area (Å²) in [7, 11) is 1.67. The molecule has 3 rings (SSSR count). The van der Waals surface area contributed by atoms with Crippen LogP contribution in [0, 0.1) is 0 Å². The van der Waals surface area contributed by atoms with E-state index in [0.29, 0.717) is 6.10 Å². The summed E-state index contributed by atoms with van der Waals surface area (Å²) in [6.07, 6.45) is 4.44. The van der Waals surface area contributed by atoms with Crippen molar-refractivity contribution >= 4 is 16.6 Å². The molecule has 4 heteroatoms. The zero-order chi connectivity index (χ0) is 13.1. The summed E-state index contributed by atoms with van der Waals surface area (Å²) in [6, 6.07) is 7.97. The number of aromatic nitrogens is 1. The zero-order valence-electron chi connectivity index (χ0n) is 11.1. The summed E-state index contributed by atoms with van der Waals surface area (Å²) in [5, 5.41) is 4.54. The molecule has 1 aliphatic rings. The number of para-hydroxylation sites is 1. The van der Waals surface area contributed by atoms with E-state index in [1.165, 1.54) is 0 Å². The molecule has 0 spiro atoms. The quantitative estimate of drug-likeness (QED) is 0.915. The third-order valence-corrected chi connectivity index (χ3v) is 3.50. The van der Waals surface area contributed by atoms with Crippen molar-refractivity contribution in [2.24, 2.45) is 0 Å². The number of hydrogen-bond acceptors (Lipinski definition) is 4. The highest BCUT2D eigenvalue weighted by Gasteiger charge is 2.15. The lowest BCUT2D eigenvalue weighted by Gasteiger charge is -2.14. The molecule has 0 radical (unpaired) electrons. The minimum absolute atomic E-state index is 0.328. The topological polar surface area (TPSA) is 43.4 Å². The van der Waals surface area contributed by atoms with Gasteiger partial charge in [0, 0.05) is 30.4 Å². The highest BCUT2D eigenvalue weighted by Crippen LogP contribution is 2.28. The fourth-order valence-corrected chi connectivity index (χ4v) is 2.50. The first kappa shape index (κ1) is 12.2. The van der Waals surface area contributed by atoms with Crippen molar-refractivity contribution in [3.63, 3.8) is 0 Å². The number of nitrogens with one attached hydrogen (secondary N) is 1. The Morgan fingerprint density at radius 3 is 3.16 bits per heavy atom. The van der Waals surface area contributed by atoms with Gasteiger partial charge in [0.2, 0.25) is 0 Å². The average Bonchev–Trinajstić information content (AvgIpc) is 2.97. The van der Waals surface area contributed by atoms with Crippen LogP contribution >= 0.6 is 0 Å². The number of benzene rings is 1. The smallest absolute Gasteiger partial charge is 0.145 e. The van der Waals surface area contributed by atoms with Gasteiger partial charge in [0.1, 0.15) is 11.3 Å². The van der Waals surface area contributed by atoms with Crippen molar-refractivity contribution in [2.45, 2.75) is 18.9 Å². The first-order valence-electron chi connectivity index (χ1n) is 6.65. The number of anilines is 1. The second-order valence-electron chi connectivity index (χ2n) is 4.73. The number of hydrogen-bond donors (Lipinski definition) is 1. The second-order valence-corrected chi connectivity index (χ2v) is 4.73. The standard InChI is InChI=1S/C15H18N2O2/c1-18-14-6-2-5-12-13(7-8-16-15(12)14)17-10-11-4-3-9-19-11/h2,5-8,11H,3-4,9-10H2,1H3,(H,16,17)/t11-/m1/s1. The molecule has 0 amide bonds. The summed E-state index contributed by atoms with van der Waals surface area (Å²) < 4.78 is 11.0. The molecule has 1 saturated heterocycles. The molecule has 0 saturated carbocycles. The van der Waals surface area contributed by atoms with Gasteiger partial charge >= 0.3 is 0 Å². The predicted octanol–water partition coefficient (Wildman–Crippen LogP) is 2.83. The number of ether oxygens (including phenoxy) is 2. The number of methoxy groups -OCH3 is 1. The zero-order valence-corrected chi connectivity index (χ0v) is 11.1. The van der Waals surface area contributed by atoms with Crippen molar-refractivity contribution < 1.29 is 9.47 Å². The van der Waals surface area contributed by atoms with Gasteiger partial charge in [0.15, 0.2) is 0 Å². The molecule has 4 nitrogen and oxygen atoms in total. The molecule has 100 valence electrons. The first-order valence-corrected chi connectivity index (χ1v) is 6.65. The highest BCUT2D eigenvalue weighted by molar-refractivity contribution is 5.94. The van der Waals surface area contributed by atoms with Crippen LogP contribution in [0.4, 0.5) is 5.69 Å². The fourth-order valence-electron chi connectivity index (χ4n) is 2.50. The minimum Gasteiger partial charge on any atom is -0.494 e. The number of fused-ring (bicyclic) bond motifs is 1. The van der Waals surface area contributed by atoms with E-state index in [2.05, 4.69) is 16.4 Å². The van der Waals surface area contributed by atoms with Gasteiger partial charge in [-0.15, -0.1) is 0 Å². The fraction of sp³-hybridized carbons (Fsp3) is 0.400. The molecule has 19 heavy (non-hydrogen) atoms. The van der Waals surface area contributed by atoms with E-state index in [0.717, 1.165) is 48.3 Å².